The highest BCUT2D eigenvalue weighted by Gasteiger charge is 2.30. The molecule has 0 saturated carbocycles. The maximum atomic E-state index is 12.8. The fourth-order valence-corrected chi connectivity index (χ4v) is 4.20. The molecule has 31 heavy (non-hydrogen) atoms. The number of nitrogens with zero attached hydrogens (tertiary/aromatic N) is 2. The maximum absolute atomic E-state index is 12.8. The molecule has 160 valence electrons. The third-order valence-corrected chi connectivity index (χ3v) is 5.85. The number of nitrogens with two attached hydrogens (primary N) is 1. The Labute approximate surface area is 181 Å². The van der Waals surface area contributed by atoms with Gasteiger partial charge < -0.3 is 20.9 Å². The summed E-state index contributed by atoms with van der Waals surface area (Å²) >= 11 is 0. The molecular formula is C24H26N4O3. The van der Waals surface area contributed by atoms with E-state index in [2.05, 4.69) is 16.8 Å². The number of anilines is 2. The lowest BCUT2D eigenvalue weighted by Crippen LogP contribution is -2.31. The van der Waals surface area contributed by atoms with Crippen molar-refractivity contribution < 1.29 is 14.4 Å². The zero-order valence-electron chi connectivity index (χ0n) is 17.4. The highest BCUT2D eigenvalue weighted by atomic mass is 16.2. The molecule has 7 heteroatoms. The smallest absolute Gasteiger partial charge is 0.258 e. The number of hydrogen-bond acceptors (Lipinski definition) is 4. The van der Waals surface area contributed by atoms with Crippen LogP contribution in [-0.4, -0.2) is 42.3 Å². The lowest BCUT2D eigenvalue weighted by atomic mass is 10.1. The molecule has 2 aliphatic rings. The van der Waals surface area contributed by atoms with E-state index >= 15 is 0 Å². The van der Waals surface area contributed by atoms with Gasteiger partial charge in [-0.15, -0.1) is 0 Å². The second-order valence-corrected chi connectivity index (χ2v) is 7.89. The van der Waals surface area contributed by atoms with Gasteiger partial charge in [-0.3, -0.25) is 14.4 Å². The van der Waals surface area contributed by atoms with Crippen LogP contribution in [0.5, 0.6) is 0 Å². The van der Waals surface area contributed by atoms with Crippen molar-refractivity contribution in [3.05, 3.63) is 65.7 Å². The molecule has 0 radical (unpaired) electrons. The van der Waals surface area contributed by atoms with Crippen molar-refractivity contribution in [1.29, 1.82) is 0 Å². The van der Waals surface area contributed by atoms with E-state index in [1.165, 1.54) is 11.3 Å². The number of fused-ring (bicyclic) bond motifs is 1. The third-order valence-electron chi connectivity index (χ3n) is 5.85. The second-order valence-electron chi connectivity index (χ2n) is 7.89. The van der Waals surface area contributed by atoms with Crippen LogP contribution in [-0.2, 0) is 4.79 Å². The molecule has 4 rings (SSSR count). The molecule has 0 aliphatic carbocycles. The number of carbonyl (C=O) groups is 3. The molecule has 0 bridgehead atoms. The van der Waals surface area contributed by atoms with Crippen molar-refractivity contribution in [3.63, 3.8) is 0 Å². The van der Waals surface area contributed by atoms with Gasteiger partial charge in [0.05, 0.1) is 11.4 Å². The predicted molar refractivity (Wildman–Crippen MR) is 121 cm³/mol. The van der Waals surface area contributed by atoms with Crippen molar-refractivity contribution in [2.45, 2.75) is 25.7 Å². The van der Waals surface area contributed by atoms with Crippen LogP contribution in [0.1, 0.15) is 52.0 Å². The first-order valence-corrected chi connectivity index (χ1v) is 10.5. The number of piperidine rings is 1. The molecule has 2 aromatic carbocycles. The predicted octanol–water partition coefficient (Wildman–Crippen LogP) is 3.23. The van der Waals surface area contributed by atoms with Crippen LogP contribution in [0.15, 0.2) is 49.0 Å². The molecular weight excluding hydrogens is 392 g/mol. The lowest BCUT2D eigenvalue weighted by molar-refractivity contribution is -0.116. The van der Waals surface area contributed by atoms with E-state index in [0.29, 0.717) is 22.5 Å². The van der Waals surface area contributed by atoms with Gasteiger partial charge in [-0.1, -0.05) is 24.8 Å². The Morgan fingerprint density at radius 2 is 1.74 bits per heavy atom. The first-order valence-electron chi connectivity index (χ1n) is 10.5. The molecule has 1 saturated heterocycles. The van der Waals surface area contributed by atoms with Gasteiger partial charge in [0.15, 0.2) is 0 Å². The Hall–Kier alpha value is -3.61. The minimum Gasteiger partial charge on any atom is -0.370 e. The highest BCUT2D eigenvalue weighted by Crippen LogP contribution is 2.32. The van der Waals surface area contributed by atoms with Crippen LogP contribution in [0.25, 0.3) is 5.70 Å². The van der Waals surface area contributed by atoms with Gasteiger partial charge in [0, 0.05) is 48.4 Å². The summed E-state index contributed by atoms with van der Waals surface area (Å²) in [4.78, 5) is 40.8. The maximum Gasteiger partial charge on any atom is 0.258 e. The fourth-order valence-electron chi connectivity index (χ4n) is 4.20. The molecule has 0 atom stereocenters. The van der Waals surface area contributed by atoms with E-state index < -0.39 is 5.91 Å². The van der Waals surface area contributed by atoms with Crippen molar-refractivity contribution in [1.82, 2.24) is 4.90 Å². The van der Waals surface area contributed by atoms with Crippen LogP contribution in [0.3, 0.4) is 0 Å². The Morgan fingerprint density at radius 1 is 1.03 bits per heavy atom. The zero-order valence-corrected chi connectivity index (χ0v) is 17.4. The number of primary amides is 1. The van der Waals surface area contributed by atoms with E-state index in [1.807, 2.05) is 24.3 Å². The third kappa shape index (κ3) is 4.17. The standard InChI is InChI=1S/C24H26N4O3/c1-16-18-7-3-4-8-19(18)24(31)28(16)14-11-22(29)26-20-15-17(23(25)30)9-10-21(20)27-12-5-2-6-13-27/h3-4,7-10,15H,1-2,5-6,11-14H2,(H2,25,30)(H,26,29). The van der Waals surface area contributed by atoms with Gasteiger partial charge in [0.2, 0.25) is 11.8 Å². The molecule has 3 N–H and O–H groups in total. The van der Waals surface area contributed by atoms with Gasteiger partial charge in [0.1, 0.15) is 0 Å². The first kappa shape index (κ1) is 20.7. The van der Waals surface area contributed by atoms with E-state index in [4.69, 9.17) is 5.73 Å². The summed E-state index contributed by atoms with van der Waals surface area (Å²) in [5.74, 6) is -0.924. The summed E-state index contributed by atoms with van der Waals surface area (Å²) in [6.07, 6.45) is 3.47. The van der Waals surface area contributed by atoms with Crippen LogP contribution in [0.2, 0.25) is 0 Å². The summed E-state index contributed by atoms with van der Waals surface area (Å²) in [7, 11) is 0. The molecule has 0 unspecified atom stereocenters. The molecule has 0 aromatic heterocycles. The number of carbonyl (C=O) groups excluding carboxylic acids is 3. The number of nitrogens with one attached hydrogen (secondary N) is 1. The van der Waals surface area contributed by atoms with Crippen LogP contribution in [0.4, 0.5) is 11.4 Å². The number of hydrogen-bond donors (Lipinski definition) is 2. The Kier molecular flexibility index (Phi) is 5.75. The first-order chi connectivity index (χ1) is 15.0. The summed E-state index contributed by atoms with van der Waals surface area (Å²) in [6, 6.07) is 12.4. The van der Waals surface area contributed by atoms with Crippen molar-refractivity contribution in [2.75, 3.05) is 29.9 Å². The van der Waals surface area contributed by atoms with E-state index in [1.54, 1.807) is 18.2 Å². The van der Waals surface area contributed by atoms with E-state index in [-0.39, 0.29) is 24.8 Å². The minimum absolute atomic E-state index is 0.110. The van der Waals surface area contributed by atoms with E-state index in [0.717, 1.165) is 37.2 Å². The summed E-state index contributed by atoms with van der Waals surface area (Å²) in [5, 5.41) is 2.92. The zero-order chi connectivity index (χ0) is 22.0. The number of benzene rings is 2. The van der Waals surface area contributed by atoms with Gasteiger partial charge in [-0.25, -0.2) is 0 Å². The fraction of sp³-hybridized carbons (Fsp3) is 0.292. The largest absolute Gasteiger partial charge is 0.370 e. The molecule has 1 fully saturated rings. The SMILES string of the molecule is C=C1c2ccccc2C(=O)N1CCC(=O)Nc1cc(C(N)=O)ccc1N1CCCCC1. The average Bonchev–Trinajstić information content (AvgIpc) is 3.03. The van der Waals surface area contributed by atoms with Crippen LogP contribution in [0, 0.1) is 0 Å². The van der Waals surface area contributed by atoms with Gasteiger partial charge >= 0.3 is 0 Å². The lowest BCUT2D eigenvalue weighted by Gasteiger charge is -2.30. The Balaban J connectivity index is 1.47. The van der Waals surface area contributed by atoms with Crippen LogP contribution >= 0.6 is 0 Å². The average molecular weight is 418 g/mol. The quantitative estimate of drug-likeness (QED) is 0.753. The molecule has 2 heterocycles. The number of amides is 3. The second kappa shape index (κ2) is 8.63. The van der Waals surface area contributed by atoms with E-state index in [9.17, 15) is 14.4 Å². The summed E-state index contributed by atoms with van der Waals surface area (Å²) in [6.45, 7) is 6.04. The normalized spacial score (nSPS) is 15.7. The molecule has 7 nitrogen and oxygen atoms in total. The molecule has 0 spiro atoms. The Bertz CT molecular complexity index is 1020. The highest BCUT2D eigenvalue weighted by molar-refractivity contribution is 6.09. The monoisotopic (exact) mass is 418 g/mol. The molecule has 2 aromatic rings. The minimum atomic E-state index is -0.544. The van der Waals surface area contributed by atoms with Crippen LogP contribution < -0.4 is 16.0 Å². The van der Waals surface area contributed by atoms with Gasteiger partial charge in [-0.05, 0) is 43.5 Å². The van der Waals surface area contributed by atoms with Crippen molar-refractivity contribution >= 4 is 34.8 Å². The Morgan fingerprint density at radius 3 is 2.42 bits per heavy atom. The van der Waals surface area contributed by atoms with Crippen molar-refractivity contribution in [2.24, 2.45) is 5.73 Å². The molecule has 3 amide bonds. The summed E-state index contributed by atoms with van der Waals surface area (Å²) < 4.78 is 0. The molecule has 2 aliphatic heterocycles. The summed E-state index contributed by atoms with van der Waals surface area (Å²) in [5.41, 5.74) is 9.24. The number of rotatable bonds is 6. The topological polar surface area (TPSA) is 95.7 Å². The van der Waals surface area contributed by atoms with Gasteiger partial charge in [-0.2, -0.15) is 0 Å². The van der Waals surface area contributed by atoms with Crippen molar-refractivity contribution in [3.8, 4) is 0 Å². The van der Waals surface area contributed by atoms with Gasteiger partial charge in [0.25, 0.3) is 5.91 Å².